The van der Waals surface area contributed by atoms with E-state index >= 15 is 0 Å². The molecule has 3 heterocycles. The molecule has 1 aromatic carbocycles. The highest BCUT2D eigenvalue weighted by atomic mass is 32.2. The number of benzene rings is 1. The summed E-state index contributed by atoms with van der Waals surface area (Å²) in [7, 11) is 1.73. The molecule has 1 aromatic heterocycles. The van der Waals surface area contributed by atoms with Gasteiger partial charge in [0.05, 0.1) is 18.8 Å². The molecule has 23 heavy (non-hydrogen) atoms. The highest BCUT2D eigenvalue weighted by Gasteiger charge is 2.44. The molecule has 1 saturated heterocycles. The van der Waals surface area contributed by atoms with E-state index in [9.17, 15) is 0 Å². The van der Waals surface area contributed by atoms with Gasteiger partial charge in [-0.05, 0) is 18.2 Å². The second kappa shape index (κ2) is 5.89. The topological polar surface area (TPSA) is 37.7 Å². The number of nitrogens with zero attached hydrogens (tertiary/aromatic N) is 3. The van der Waals surface area contributed by atoms with Crippen LogP contribution in [-0.4, -0.2) is 34.0 Å². The van der Waals surface area contributed by atoms with Gasteiger partial charge < -0.3 is 9.64 Å². The standard InChI is InChI=1S/C18H19N3OS/c1-12-11-21-17(13-7-3-4-9-15(13)22-2)16(20-18(21)23-12)14-8-5-6-10-19-14/h3-10,12,16-17H,11H2,1-2H3/t12-,16-,17+/m0/s1. The fourth-order valence-electron chi connectivity index (χ4n) is 3.36. The van der Waals surface area contributed by atoms with Gasteiger partial charge in [-0.1, -0.05) is 43.0 Å². The molecule has 2 aliphatic heterocycles. The van der Waals surface area contributed by atoms with Crippen molar-refractivity contribution in [3.05, 3.63) is 59.9 Å². The van der Waals surface area contributed by atoms with Gasteiger partial charge in [-0.15, -0.1) is 0 Å². The maximum atomic E-state index is 5.61. The van der Waals surface area contributed by atoms with Gasteiger partial charge in [0.2, 0.25) is 0 Å². The third-order valence-electron chi connectivity index (χ3n) is 4.34. The van der Waals surface area contributed by atoms with E-state index in [0.29, 0.717) is 5.25 Å². The van der Waals surface area contributed by atoms with Crippen LogP contribution in [0.3, 0.4) is 0 Å². The van der Waals surface area contributed by atoms with Crippen molar-refractivity contribution in [2.75, 3.05) is 13.7 Å². The van der Waals surface area contributed by atoms with Crippen molar-refractivity contribution in [1.82, 2.24) is 9.88 Å². The molecule has 0 unspecified atom stereocenters. The fourth-order valence-corrected chi connectivity index (χ4v) is 4.46. The summed E-state index contributed by atoms with van der Waals surface area (Å²) in [6, 6.07) is 14.4. The first-order valence-electron chi connectivity index (χ1n) is 7.83. The van der Waals surface area contributed by atoms with Crippen LogP contribution in [0.25, 0.3) is 0 Å². The van der Waals surface area contributed by atoms with E-state index in [-0.39, 0.29) is 12.1 Å². The predicted octanol–water partition coefficient (Wildman–Crippen LogP) is 3.68. The van der Waals surface area contributed by atoms with Crippen molar-refractivity contribution < 1.29 is 4.74 Å². The summed E-state index contributed by atoms with van der Waals surface area (Å²) in [5, 5.41) is 1.69. The fraction of sp³-hybridized carbons (Fsp3) is 0.333. The van der Waals surface area contributed by atoms with Crippen LogP contribution in [-0.2, 0) is 0 Å². The Bertz CT molecular complexity index is 734. The summed E-state index contributed by atoms with van der Waals surface area (Å²) >= 11 is 1.85. The van der Waals surface area contributed by atoms with Crippen LogP contribution in [0.5, 0.6) is 5.75 Å². The molecule has 0 saturated carbocycles. The van der Waals surface area contributed by atoms with Crippen LogP contribution < -0.4 is 4.74 Å². The average molecular weight is 325 g/mol. The van der Waals surface area contributed by atoms with E-state index < -0.39 is 0 Å². The van der Waals surface area contributed by atoms with Gasteiger partial charge in [0, 0.05) is 23.6 Å². The quantitative estimate of drug-likeness (QED) is 0.863. The first-order valence-corrected chi connectivity index (χ1v) is 8.71. The second-order valence-corrected chi connectivity index (χ2v) is 7.28. The van der Waals surface area contributed by atoms with Crippen molar-refractivity contribution >= 4 is 16.9 Å². The molecule has 0 spiro atoms. The molecule has 0 radical (unpaired) electrons. The number of fused-ring (bicyclic) bond motifs is 1. The van der Waals surface area contributed by atoms with E-state index in [0.717, 1.165) is 23.2 Å². The largest absolute Gasteiger partial charge is 0.496 e. The Labute approximate surface area is 140 Å². The summed E-state index contributed by atoms with van der Waals surface area (Å²) in [5.74, 6) is 0.916. The summed E-state index contributed by atoms with van der Waals surface area (Å²) in [6.45, 7) is 3.26. The van der Waals surface area contributed by atoms with E-state index in [1.54, 1.807) is 7.11 Å². The molecule has 0 bridgehead atoms. The molecule has 0 amide bonds. The number of hydrogen-bond acceptors (Lipinski definition) is 5. The zero-order valence-corrected chi connectivity index (χ0v) is 14.0. The van der Waals surface area contributed by atoms with Crippen molar-refractivity contribution in [3.63, 3.8) is 0 Å². The normalized spacial score (nSPS) is 26.1. The third kappa shape index (κ3) is 2.49. The van der Waals surface area contributed by atoms with Crippen LogP contribution in [0.15, 0.2) is 53.7 Å². The lowest BCUT2D eigenvalue weighted by Gasteiger charge is -2.28. The first kappa shape index (κ1) is 14.6. The highest BCUT2D eigenvalue weighted by molar-refractivity contribution is 8.14. The molecular formula is C18H19N3OS. The maximum absolute atomic E-state index is 5.61. The molecule has 0 aliphatic carbocycles. The molecule has 5 heteroatoms. The number of aromatic nitrogens is 1. The highest BCUT2D eigenvalue weighted by Crippen LogP contribution is 2.49. The van der Waals surface area contributed by atoms with Crippen molar-refractivity contribution in [1.29, 1.82) is 0 Å². The SMILES string of the molecule is COc1ccccc1[C@@H]1[C@H](c2ccccn2)N=C2S[C@@H](C)CN21. The number of thioether (sulfide) groups is 1. The predicted molar refractivity (Wildman–Crippen MR) is 93.9 cm³/mol. The Morgan fingerprint density at radius 3 is 2.78 bits per heavy atom. The summed E-state index contributed by atoms with van der Waals surface area (Å²) < 4.78 is 5.61. The third-order valence-corrected chi connectivity index (χ3v) is 5.44. The van der Waals surface area contributed by atoms with E-state index in [1.165, 1.54) is 5.56 Å². The molecule has 0 N–H and O–H groups in total. The monoisotopic (exact) mass is 325 g/mol. The minimum absolute atomic E-state index is 0.0162. The van der Waals surface area contributed by atoms with Crippen LogP contribution in [0.1, 0.15) is 30.3 Å². The van der Waals surface area contributed by atoms with Crippen molar-refractivity contribution in [2.24, 2.45) is 4.99 Å². The zero-order chi connectivity index (χ0) is 15.8. The Morgan fingerprint density at radius 2 is 2.00 bits per heavy atom. The Morgan fingerprint density at radius 1 is 1.17 bits per heavy atom. The minimum Gasteiger partial charge on any atom is -0.496 e. The zero-order valence-electron chi connectivity index (χ0n) is 13.2. The lowest BCUT2D eigenvalue weighted by atomic mass is 9.95. The number of methoxy groups -OCH3 is 1. The number of rotatable bonds is 3. The smallest absolute Gasteiger partial charge is 0.160 e. The van der Waals surface area contributed by atoms with E-state index in [4.69, 9.17) is 9.73 Å². The summed E-state index contributed by atoms with van der Waals surface area (Å²) in [6.07, 6.45) is 1.84. The first-order chi connectivity index (χ1) is 11.3. The number of para-hydroxylation sites is 1. The van der Waals surface area contributed by atoms with Crippen molar-refractivity contribution in [2.45, 2.75) is 24.3 Å². The Hall–Kier alpha value is -2.01. The Balaban J connectivity index is 1.81. The molecule has 118 valence electrons. The van der Waals surface area contributed by atoms with Crippen LogP contribution >= 0.6 is 11.8 Å². The van der Waals surface area contributed by atoms with Gasteiger partial charge in [-0.2, -0.15) is 0 Å². The number of aliphatic imine (C=N–C) groups is 1. The lowest BCUT2D eigenvalue weighted by Crippen LogP contribution is -2.28. The van der Waals surface area contributed by atoms with Gasteiger partial charge in [0.15, 0.2) is 5.17 Å². The molecule has 3 atom stereocenters. The van der Waals surface area contributed by atoms with Gasteiger partial charge in [0.1, 0.15) is 11.8 Å². The molecule has 4 nitrogen and oxygen atoms in total. The molecular weight excluding hydrogens is 306 g/mol. The van der Waals surface area contributed by atoms with E-state index in [1.807, 2.05) is 42.2 Å². The van der Waals surface area contributed by atoms with Gasteiger partial charge in [0.25, 0.3) is 0 Å². The number of hydrogen-bond donors (Lipinski definition) is 0. The maximum Gasteiger partial charge on any atom is 0.160 e. The van der Waals surface area contributed by atoms with Crippen LogP contribution in [0.2, 0.25) is 0 Å². The number of pyridine rings is 1. The molecule has 4 rings (SSSR count). The summed E-state index contributed by atoms with van der Waals surface area (Å²) in [4.78, 5) is 12.0. The van der Waals surface area contributed by atoms with Crippen LogP contribution in [0.4, 0.5) is 0 Å². The van der Waals surface area contributed by atoms with E-state index in [2.05, 4.69) is 35.0 Å². The van der Waals surface area contributed by atoms with Gasteiger partial charge >= 0.3 is 0 Å². The molecule has 2 aliphatic rings. The second-order valence-electron chi connectivity index (χ2n) is 5.88. The molecule has 2 aromatic rings. The van der Waals surface area contributed by atoms with Gasteiger partial charge in [-0.3, -0.25) is 9.98 Å². The number of ether oxygens (including phenoxy) is 1. The van der Waals surface area contributed by atoms with Crippen molar-refractivity contribution in [3.8, 4) is 5.75 Å². The lowest BCUT2D eigenvalue weighted by molar-refractivity contribution is 0.307. The number of amidine groups is 1. The minimum atomic E-state index is 0.0162. The Kier molecular flexibility index (Phi) is 3.73. The van der Waals surface area contributed by atoms with Crippen LogP contribution in [0, 0.1) is 0 Å². The molecule has 1 fully saturated rings. The summed E-state index contributed by atoms with van der Waals surface area (Å²) in [5.41, 5.74) is 2.19. The van der Waals surface area contributed by atoms with Gasteiger partial charge in [-0.25, -0.2) is 0 Å². The average Bonchev–Trinajstić information content (AvgIpc) is 3.11.